The highest BCUT2D eigenvalue weighted by Gasteiger charge is 2.13. The molecule has 2 amide bonds. The van der Waals surface area contributed by atoms with Gasteiger partial charge in [0, 0.05) is 0 Å². The summed E-state index contributed by atoms with van der Waals surface area (Å²) in [7, 11) is 1.58. The van der Waals surface area contributed by atoms with Crippen LogP contribution in [0.5, 0.6) is 11.5 Å². The number of amides is 2. The Morgan fingerprint density at radius 3 is 2.55 bits per heavy atom. The Morgan fingerprint density at radius 1 is 1.00 bits per heavy atom. The normalized spacial score (nSPS) is 10.3. The third-order valence-corrected chi connectivity index (χ3v) is 4.16. The Labute approximate surface area is 168 Å². The molecule has 3 aromatic rings. The first-order valence-electron chi connectivity index (χ1n) is 9.04. The lowest BCUT2D eigenvalue weighted by molar-refractivity contribution is -0.121. The summed E-state index contributed by atoms with van der Waals surface area (Å²) < 4.78 is 16.3. The number of nitrogens with one attached hydrogen (secondary N) is 2. The number of furan rings is 1. The van der Waals surface area contributed by atoms with Crippen molar-refractivity contribution in [1.82, 2.24) is 10.9 Å². The van der Waals surface area contributed by atoms with Crippen LogP contribution in [0.2, 0.25) is 0 Å². The summed E-state index contributed by atoms with van der Waals surface area (Å²) in [6.45, 7) is 2.12. The molecule has 1 heterocycles. The van der Waals surface area contributed by atoms with Gasteiger partial charge in [-0.05, 0) is 48.4 Å². The van der Waals surface area contributed by atoms with E-state index in [4.69, 9.17) is 13.9 Å². The van der Waals surface area contributed by atoms with Gasteiger partial charge in [-0.2, -0.15) is 0 Å². The maximum Gasteiger partial charge on any atom is 0.305 e. The first-order chi connectivity index (χ1) is 14.0. The van der Waals surface area contributed by atoms with Crippen LogP contribution in [0.15, 0.2) is 65.1 Å². The molecule has 0 aliphatic carbocycles. The van der Waals surface area contributed by atoms with E-state index >= 15 is 0 Å². The monoisotopic (exact) mass is 394 g/mol. The third kappa shape index (κ3) is 5.62. The van der Waals surface area contributed by atoms with Crippen molar-refractivity contribution in [1.29, 1.82) is 0 Å². The second-order valence-corrected chi connectivity index (χ2v) is 6.35. The third-order valence-electron chi connectivity index (χ3n) is 4.16. The molecule has 7 heteroatoms. The number of hydrogen-bond donors (Lipinski definition) is 2. The molecule has 2 aromatic carbocycles. The molecule has 0 spiro atoms. The van der Waals surface area contributed by atoms with Crippen molar-refractivity contribution in [3.05, 3.63) is 83.3 Å². The summed E-state index contributed by atoms with van der Waals surface area (Å²) in [5.74, 6) is 1.08. The van der Waals surface area contributed by atoms with E-state index in [-0.39, 0.29) is 24.7 Å². The molecule has 0 fully saturated rings. The van der Waals surface area contributed by atoms with Crippen LogP contribution in [0.25, 0.3) is 0 Å². The Balaban J connectivity index is 1.48. The molecule has 7 nitrogen and oxygen atoms in total. The highest BCUT2D eigenvalue weighted by molar-refractivity contribution is 5.93. The number of hydrazine groups is 1. The minimum absolute atomic E-state index is 0.0777. The lowest BCUT2D eigenvalue weighted by Crippen LogP contribution is -2.42. The van der Waals surface area contributed by atoms with Gasteiger partial charge in [0.15, 0.2) is 5.76 Å². The van der Waals surface area contributed by atoms with Crippen molar-refractivity contribution >= 4 is 11.8 Å². The number of methoxy groups -OCH3 is 1. The largest absolute Gasteiger partial charge is 0.496 e. The molecule has 0 saturated carbocycles. The van der Waals surface area contributed by atoms with E-state index in [2.05, 4.69) is 10.9 Å². The van der Waals surface area contributed by atoms with Crippen LogP contribution in [-0.4, -0.2) is 18.9 Å². The zero-order valence-electron chi connectivity index (χ0n) is 16.2. The highest BCUT2D eigenvalue weighted by atomic mass is 16.5. The molecule has 0 bridgehead atoms. The second kappa shape index (κ2) is 9.45. The Morgan fingerprint density at radius 2 is 1.79 bits per heavy atom. The number of aryl methyl sites for hydroxylation is 1. The first kappa shape index (κ1) is 20.0. The van der Waals surface area contributed by atoms with Gasteiger partial charge in [-0.15, -0.1) is 0 Å². The fraction of sp³-hybridized carbons (Fsp3) is 0.182. The molecule has 1 aromatic heterocycles. The lowest BCUT2D eigenvalue weighted by atomic mass is 10.1. The number of carbonyl (C=O) groups is 2. The molecular formula is C22H22N2O5. The summed E-state index contributed by atoms with van der Waals surface area (Å²) in [4.78, 5) is 24.2. The standard InChI is InChI=1S/C22H22N2O5/c1-15-8-9-16(12-20(15)27-2)13-21(25)23-24-22(26)19-11-10-18(29-19)14-28-17-6-4-3-5-7-17/h3-12H,13-14H2,1-2H3,(H,23,25)(H,24,26). The summed E-state index contributed by atoms with van der Waals surface area (Å²) in [5, 5.41) is 0. The van der Waals surface area contributed by atoms with Crippen molar-refractivity contribution in [2.45, 2.75) is 20.0 Å². The van der Waals surface area contributed by atoms with Crippen LogP contribution in [0, 0.1) is 6.92 Å². The van der Waals surface area contributed by atoms with Gasteiger partial charge in [0.2, 0.25) is 5.91 Å². The van der Waals surface area contributed by atoms with E-state index in [1.807, 2.05) is 49.4 Å². The smallest absolute Gasteiger partial charge is 0.305 e. The van der Waals surface area contributed by atoms with Gasteiger partial charge in [-0.1, -0.05) is 30.3 Å². The van der Waals surface area contributed by atoms with Gasteiger partial charge in [0.25, 0.3) is 0 Å². The zero-order valence-corrected chi connectivity index (χ0v) is 16.2. The predicted octanol–water partition coefficient (Wildman–Crippen LogP) is 3.18. The molecular weight excluding hydrogens is 372 g/mol. The topological polar surface area (TPSA) is 89.8 Å². The van der Waals surface area contributed by atoms with E-state index in [0.29, 0.717) is 17.3 Å². The molecule has 0 aliphatic heterocycles. The minimum atomic E-state index is -0.550. The Kier molecular flexibility index (Phi) is 6.52. The summed E-state index contributed by atoms with van der Waals surface area (Å²) in [6, 6.07) is 18.0. The predicted molar refractivity (Wildman–Crippen MR) is 107 cm³/mol. The Bertz CT molecular complexity index is 982. The van der Waals surface area contributed by atoms with Gasteiger partial charge in [0.05, 0.1) is 13.5 Å². The van der Waals surface area contributed by atoms with Gasteiger partial charge in [-0.3, -0.25) is 20.4 Å². The van der Waals surface area contributed by atoms with Gasteiger partial charge in [0.1, 0.15) is 23.9 Å². The van der Waals surface area contributed by atoms with Crippen molar-refractivity contribution in [2.75, 3.05) is 7.11 Å². The summed E-state index contributed by atoms with van der Waals surface area (Å²) in [6.07, 6.45) is 0.102. The van der Waals surface area contributed by atoms with Crippen LogP contribution in [0.1, 0.15) is 27.4 Å². The van der Waals surface area contributed by atoms with E-state index in [1.54, 1.807) is 19.2 Å². The number of benzene rings is 2. The number of para-hydroxylation sites is 1. The lowest BCUT2D eigenvalue weighted by Gasteiger charge is -2.09. The quantitative estimate of drug-likeness (QED) is 0.601. The zero-order chi connectivity index (χ0) is 20.6. The van der Waals surface area contributed by atoms with E-state index < -0.39 is 5.91 Å². The van der Waals surface area contributed by atoms with Gasteiger partial charge >= 0.3 is 5.91 Å². The number of rotatable bonds is 7. The van der Waals surface area contributed by atoms with Gasteiger partial charge in [-0.25, -0.2) is 0 Å². The van der Waals surface area contributed by atoms with Crippen LogP contribution < -0.4 is 20.3 Å². The maximum absolute atomic E-state index is 12.2. The van der Waals surface area contributed by atoms with Crippen LogP contribution in [0.3, 0.4) is 0 Å². The van der Waals surface area contributed by atoms with Gasteiger partial charge < -0.3 is 13.9 Å². The van der Waals surface area contributed by atoms with Crippen LogP contribution in [0.4, 0.5) is 0 Å². The number of ether oxygens (including phenoxy) is 2. The molecule has 3 rings (SSSR count). The first-order valence-corrected chi connectivity index (χ1v) is 9.04. The fourth-order valence-corrected chi connectivity index (χ4v) is 2.64. The minimum Gasteiger partial charge on any atom is -0.496 e. The van der Waals surface area contributed by atoms with E-state index in [1.165, 1.54) is 6.07 Å². The molecule has 150 valence electrons. The average molecular weight is 394 g/mol. The molecule has 0 saturated heterocycles. The van der Waals surface area contributed by atoms with Crippen molar-refractivity contribution in [2.24, 2.45) is 0 Å². The van der Waals surface area contributed by atoms with Crippen LogP contribution >= 0.6 is 0 Å². The summed E-state index contributed by atoms with van der Waals surface area (Å²) >= 11 is 0. The molecule has 2 N–H and O–H groups in total. The highest BCUT2D eigenvalue weighted by Crippen LogP contribution is 2.19. The molecule has 0 radical (unpaired) electrons. The van der Waals surface area contributed by atoms with Crippen molar-refractivity contribution in [3.8, 4) is 11.5 Å². The van der Waals surface area contributed by atoms with Crippen molar-refractivity contribution < 1.29 is 23.5 Å². The van der Waals surface area contributed by atoms with E-state index in [9.17, 15) is 9.59 Å². The molecule has 0 aliphatic rings. The molecule has 0 atom stereocenters. The number of hydrogen-bond acceptors (Lipinski definition) is 5. The molecule has 0 unspecified atom stereocenters. The summed E-state index contributed by atoms with van der Waals surface area (Å²) in [5.41, 5.74) is 6.48. The number of carbonyl (C=O) groups excluding carboxylic acids is 2. The maximum atomic E-state index is 12.2. The van der Waals surface area contributed by atoms with Crippen LogP contribution in [-0.2, 0) is 17.8 Å². The Hall–Kier alpha value is -3.74. The average Bonchev–Trinajstić information content (AvgIpc) is 3.22. The molecule has 29 heavy (non-hydrogen) atoms. The van der Waals surface area contributed by atoms with E-state index in [0.717, 1.165) is 11.1 Å². The second-order valence-electron chi connectivity index (χ2n) is 6.35. The van der Waals surface area contributed by atoms with Crippen molar-refractivity contribution in [3.63, 3.8) is 0 Å². The SMILES string of the molecule is COc1cc(CC(=O)NNC(=O)c2ccc(COc3ccccc3)o2)ccc1C. The fourth-order valence-electron chi connectivity index (χ4n) is 2.64.